The minimum Gasteiger partial charge on any atom is -0.278 e. The molecule has 102 valence electrons. The Balaban J connectivity index is 2.25. The predicted molar refractivity (Wildman–Crippen MR) is 79.3 cm³/mol. The van der Waals surface area contributed by atoms with E-state index in [1.807, 2.05) is 0 Å². The van der Waals surface area contributed by atoms with Gasteiger partial charge in [-0.3, -0.25) is 14.5 Å². The van der Waals surface area contributed by atoms with Crippen LogP contribution >= 0.6 is 23.2 Å². The normalized spacial score (nSPS) is 10.2. The van der Waals surface area contributed by atoms with Crippen molar-refractivity contribution in [2.24, 2.45) is 0 Å². The van der Waals surface area contributed by atoms with Crippen LogP contribution < -0.4 is 0 Å². The SMILES string of the molecule is CN(C(=O)c1cccc(Cl)c1)C(=O)c1cccc(Cl)c1. The molecule has 0 unspecified atom stereocenters. The Bertz CT molecular complexity index is 613. The van der Waals surface area contributed by atoms with Crippen molar-refractivity contribution in [1.29, 1.82) is 0 Å². The molecule has 0 atom stereocenters. The van der Waals surface area contributed by atoms with Crippen LogP contribution in [0.1, 0.15) is 20.7 Å². The number of amides is 2. The Morgan fingerprint density at radius 3 is 1.60 bits per heavy atom. The Hall–Kier alpha value is -1.84. The van der Waals surface area contributed by atoms with Gasteiger partial charge in [-0.25, -0.2) is 0 Å². The van der Waals surface area contributed by atoms with Crippen LogP contribution in [0.3, 0.4) is 0 Å². The second-order valence-corrected chi connectivity index (χ2v) is 5.06. The summed E-state index contributed by atoms with van der Waals surface area (Å²) in [6.45, 7) is 0. The van der Waals surface area contributed by atoms with Crippen molar-refractivity contribution in [2.75, 3.05) is 7.05 Å². The van der Waals surface area contributed by atoms with Gasteiger partial charge >= 0.3 is 0 Å². The van der Waals surface area contributed by atoms with Gasteiger partial charge in [-0.15, -0.1) is 0 Å². The summed E-state index contributed by atoms with van der Waals surface area (Å²) >= 11 is 11.7. The summed E-state index contributed by atoms with van der Waals surface area (Å²) in [5.74, 6) is -0.838. The quantitative estimate of drug-likeness (QED) is 0.789. The van der Waals surface area contributed by atoms with Gasteiger partial charge in [-0.1, -0.05) is 35.3 Å². The van der Waals surface area contributed by atoms with Crippen molar-refractivity contribution in [3.8, 4) is 0 Å². The Kier molecular flexibility index (Phi) is 4.42. The van der Waals surface area contributed by atoms with E-state index in [1.54, 1.807) is 36.4 Å². The zero-order valence-electron chi connectivity index (χ0n) is 10.6. The van der Waals surface area contributed by atoms with Gasteiger partial charge in [0, 0.05) is 28.2 Å². The monoisotopic (exact) mass is 307 g/mol. The van der Waals surface area contributed by atoms with Crippen LogP contribution in [0.2, 0.25) is 10.0 Å². The molecule has 0 radical (unpaired) electrons. The van der Waals surface area contributed by atoms with E-state index in [0.29, 0.717) is 21.2 Å². The second kappa shape index (κ2) is 6.07. The minimum atomic E-state index is -0.419. The lowest BCUT2D eigenvalue weighted by atomic mass is 10.1. The average Bonchev–Trinajstić information content (AvgIpc) is 2.45. The number of hydrogen-bond donors (Lipinski definition) is 0. The molecule has 0 aliphatic heterocycles. The van der Waals surface area contributed by atoms with E-state index >= 15 is 0 Å². The van der Waals surface area contributed by atoms with E-state index in [0.717, 1.165) is 4.90 Å². The van der Waals surface area contributed by atoms with Gasteiger partial charge in [0.1, 0.15) is 0 Å². The molecule has 0 fully saturated rings. The molecule has 0 N–H and O–H groups in total. The molecule has 0 aliphatic rings. The van der Waals surface area contributed by atoms with Crippen LogP contribution in [0, 0.1) is 0 Å². The van der Waals surface area contributed by atoms with E-state index in [-0.39, 0.29) is 0 Å². The molecular formula is C15H11Cl2NO2. The lowest BCUT2D eigenvalue weighted by Crippen LogP contribution is -2.33. The molecule has 3 nitrogen and oxygen atoms in total. The zero-order valence-corrected chi connectivity index (χ0v) is 12.2. The molecular weight excluding hydrogens is 297 g/mol. The molecule has 2 amide bonds. The largest absolute Gasteiger partial charge is 0.278 e. The first-order valence-electron chi connectivity index (χ1n) is 5.82. The van der Waals surface area contributed by atoms with E-state index in [9.17, 15) is 9.59 Å². The summed E-state index contributed by atoms with van der Waals surface area (Å²) in [6, 6.07) is 12.9. The lowest BCUT2D eigenvalue weighted by Gasteiger charge is -2.15. The van der Waals surface area contributed by atoms with Crippen molar-refractivity contribution in [2.45, 2.75) is 0 Å². The van der Waals surface area contributed by atoms with Gasteiger partial charge in [0.2, 0.25) is 0 Å². The molecule has 2 rings (SSSR count). The molecule has 0 saturated carbocycles. The summed E-state index contributed by atoms with van der Waals surface area (Å²) < 4.78 is 0. The molecule has 2 aromatic rings. The Labute approximate surface area is 126 Å². The van der Waals surface area contributed by atoms with E-state index in [1.165, 1.54) is 19.2 Å². The van der Waals surface area contributed by atoms with Crippen LogP contribution in [-0.2, 0) is 0 Å². The summed E-state index contributed by atoms with van der Waals surface area (Å²) in [6.07, 6.45) is 0. The number of halogens is 2. The van der Waals surface area contributed by atoms with Crippen LogP contribution in [-0.4, -0.2) is 23.8 Å². The maximum atomic E-state index is 12.2. The topological polar surface area (TPSA) is 37.4 Å². The van der Waals surface area contributed by atoms with Crippen molar-refractivity contribution in [3.05, 3.63) is 69.7 Å². The highest BCUT2D eigenvalue weighted by Gasteiger charge is 2.20. The number of imide groups is 1. The average molecular weight is 308 g/mol. The number of rotatable bonds is 2. The van der Waals surface area contributed by atoms with E-state index in [4.69, 9.17) is 23.2 Å². The van der Waals surface area contributed by atoms with Crippen LogP contribution in [0.5, 0.6) is 0 Å². The fourth-order valence-corrected chi connectivity index (χ4v) is 2.10. The molecule has 0 aliphatic carbocycles. The fraction of sp³-hybridized carbons (Fsp3) is 0.0667. The highest BCUT2D eigenvalue weighted by atomic mass is 35.5. The van der Waals surface area contributed by atoms with Crippen molar-refractivity contribution in [3.63, 3.8) is 0 Å². The summed E-state index contributed by atoms with van der Waals surface area (Å²) in [7, 11) is 1.42. The number of carbonyl (C=O) groups is 2. The maximum absolute atomic E-state index is 12.2. The maximum Gasteiger partial charge on any atom is 0.260 e. The van der Waals surface area contributed by atoms with Gasteiger partial charge in [0.25, 0.3) is 11.8 Å². The number of benzene rings is 2. The first-order chi connectivity index (χ1) is 9.49. The van der Waals surface area contributed by atoms with Crippen LogP contribution in [0.15, 0.2) is 48.5 Å². The molecule has 2 aromatic carbocycles. The third-order valence-electron chi connectivity index (χ3n) is 2.75. The molecule has 5 heteroatoms. The predicted octanol–water partition coefficient (Wildman–Crippen LogP) is 3.91. The standard InChI is InChI=1S/C15H11Cl2NO2/c1-18(14(19)10-4-2-6-12(16)8-10)15(20)11-5-3-7-13(17)9-11/h2-9H,1H3. The van der Waals surface area contributed by atoms with Gasteiger partial charge in [-0.2, -0.15) is 0 Å². The molecule has 0 spiro atoms. The second-order valence-electron chi connectivity index (χ2n) is 4.19. The van der Waals surface area contributed by atoms with Gasteiger partial charge in [-0.05, 0) is 36.4 Å². The molecule has 0 aromatic heterocycles. The third kappa shape index (κ3) is 3.18. The number of carbonyl (C=O) groups excluding carboxylic acids is 2. The molecule has 0 bridgehead atoms. The van der Waals surface area contributed by atoms with E-state index < -0.39 is 11.8 Å². The third-order valence-corrected chi connectivity index (χ3v) is 3.22. The highest BCUT2D eigenvalue weighted by molar-refractivity contribution is 6.31. The number of nitrogens with zero attached hydrogens (tertiary/aromatic N) is 1. The van der Waals surface area contributed by atoms with Gasteiger partial charge in [0.15, 0.2) is 0 Å². The first-order valence-corrected chi connectivity index (χ1v) is 6.58. The van der Waals surface area contributed by atoms with Crippen molar-refractivity contribution >= 4 is 35.0 Å². The Morgan fingerprint density at radius 2 is 1.25 bits per heavy atom. The van der Waals surface area contributed by atoms with Crippen LogP contribution in [0.4, 0.5) is 0 Å². The summed E-state index contributed by atoms with van der Waals surface area (Å²) in [5.41, 5.74) is 0.714. The fourth-order valence-electron chi connectivity index (χ4n) is 1.72. The minimum absolute atomic E-state index is 0.357. The Morgan fingerprint density at radius 1 is 0.850 bits per heavy atom. The first kappa shape index (κ1) is 14.6. The van der Waals surface area contributed by atoms with Crippen molar-refractivity contribution < 1.29 is 9.59 Å². The molecule has 20 heavy (non-hydrogen) atoms. The zero-order chi connectivity index (χ0) is 14.7. The highest BCUT2D eigenvalue weighted by Crippen LogP contribution is 2.15. The van der Waals surface area contributed by atoms with Gasteiger partial charge in [0.05, 0.1) is 0 Å². The number of hydrogen-bond acceptors (Lipinski definition) is 2. The van der Waals surface area contributed by atoms with E-state index in [2.05, 4.69) is 0 Å². The molecule has 0 heterocycles. The summed E-state index contributed by atoms with van der Waals surface area (Å²) in [5, 5.41) is 0.888. The van der Waals surface area contributed by atoms with Crippen LogP contribution in [0.25, 0.3) is 0 Å². The lowest BCUT2D eigenvalue weighted by molar-refractivity contribution is 0.0656. The van der Waals surface area contributed by atoms with Crippen molar-refractivity contribution in [1.82, 2.24) is 4.90 Å². The molecule has 0 saturated heterocycles. The summed E-state index contributed by atoms with van der Waals surface area (Å²) in [4.78, 5) is 25.5. The smallest absolute Gasteiger partial charge is 0.260 e. The van der Waals surface area contributed by atoms with Gasteiger partial charge < -0.3 is 0 Å².